The maximum atomic E-state index is 5.84. The van der Waals surface area contributed by atoms with Gasteiger partial charge in [0.2, 0.25) is 6.79 Å². The molecule has 26 heavy (non-hydrogen) atoms. The topological polar surface area (TPSA) is 52.1 Å². The molecule has 0 saturated heterocycles. The summed E-state index contributed by atoms with van der Waals surface area (Å²) >= 11 is 0. The van der Waals surface area contributed by atoms with E-state index < -0.39 is 0 Å². The molecule has 1 N–H and O–H groups in total. The monoisotopic (exact) mass is 354 g/mol. The summed E-state index contributed by atoms with van der Waals surface area (Å²) in [6.07, 6.45) is 5.74. The van der Waals surface area contributed by atoms with Crippen LogP contribution in [0.25, 0.3) is 0 Å². The molecule has 0 spiro atoms. The Morgan fingerprint density at radius 1 is 1.04 bits per heavy atom. The van der Waals surface area contributed by atoms with Gasteiger partial charge in [0.05, 0.1) is 6.21 Å². The predicted molar refractivity (Wildman–Crippen MR) is 106 cm³/mol. The SMILES string of the molecule is C/C=C/CNc1cc(C)c(OCOc2ccc(/C=N/OC)cc2)c(C)c1. The standard InChI is InChI=1S/C21H26N2O3/c1-5-6-11-22-19-12-16(2)21(17(3)13-19)26-15-25-20-9-7-18(8-10-20)14-23-24-4/h5-10,12-14,22H,11,15H2,1-4H3/b6-5+,23-14+. The lowest BCUT2D eigenvalue weighted by Gasteiger charge is -2.15. The van der Waals surface area contributed by atoms with Gasteiger partial charge in [0.15, 0.2) is 0 Å². The summed E-state index contributed by atoms with van der Waals surface area (Å²) < 4.78 is 11.5. The number of benzene rings is 2. The van der Waals surface area contributed by atoms with E-state index in [2.05, 4.69) is 33.5 Å². The van der Waals surface area contributed by atoms with Gasteiger partial charge in [0.1, 0.15) is 18.6 Å². The number of nitrogens with one attached hydrogen (secondary N) is 1. The van der Waals surface area contributed by atoms with Gasteiger partial charge in [0, 0.05) is 12.2 Å². The Kier molecular flexibility index (Phi) is 7.55. The highest BCUT2D eigenvalue weighted by Crippen LogP contribution is 2.27. The van der Waals surface area contributed by atoms with Crippen molar-refractivity contribution < 1.29 is 14.3 Å². The number of hydrogen-bond donors (Lipinski definition) is 1. The summed E-state index contributed by atoms with van der Waals surface area (Å²) in [6.45, 7) is 7.04. The third-order valence-corrected chi connectivity index (χ3v) is 3.74. The van der Waals surface area contributed by atoms with Crippen molar-refractivity contribution >= 4 is 11.9 Å². The van der Waals surface area contributed by atoms with Gasteiger partial charge in [-0.25, -0.2) is 0 Å². The van der Waals surface area contributed by atoms with Gasteiger partial charge in [0.25, 0.3) is 0 Å². The van der Waals surface area contributed by atoms with Crippen LogP contribution in [-0.2, 0) is 4.84 Å². The summed E-state index contributed by atoms with van der Waals surface area (Å²) in [5.41, 5.74) is 4.16. The average Bonchev–Trinajstić information content (AvgIpc) is 2.63. The van der Waals surface area contributed by atoms with Crippen molar-refractivity contribution in [3.05, 3.63) is 65.2 Å². The van der Waals surface area contributed by atoms with Gasteiger partial charge < -0.3 is 19.6 Å². The zero-order valence-corrected chi connectivity index (χ0v) is 15.8. The van der Waals surface area contributed by atoms with E-state index in [4.69, 9.17) is 9.47 Å². The van der Waals surface area contributed by atoms with Crippen molar-refractivity contribution in [2.45, 2.75) is 20.8 Å². The second kappa shape index (κ2) is 10.1. The van der Waals surface area contributed by atoms with Gasteiger partial charge >= 0.3 is 0 Å². The van der Waals surface area contributed by atoms with E-state index in [1.807, 2.05) is 51.1 Å². The Morgan fingerprint density at radius 2 is 1.73 bits per heavy atom. The number of rotatable bonds is 9. The maximum Gasteiger partial charge on any atom is 0.230 e. The van der Waals surface area contributed by atoms with Crippen LogP contribution in [0.3, 0.4) is 0 Å². The Bertz CT molecular complexity index is 729. The molecule has 5 nitrogen and oxygen atoms in total. The molecule has 0 saturated carbocycles. The van der Waals surface area contributed by atoms with E-state index in [1.54, 1.807) is 6.21 Å². The fourth-order valence-corrected chi connectivity index (χ4v) is 2.49. The Labute approximate surface area is 155 Å². The Hall–Kier alpha value is -2.95. The van der Waals surface area contributed by atoms with E-state index in [1.165, 1.54) is 7.11 Å². The van der Waals surface area contributed by atoms with Crippen molar-refractivity contribution in [2.24, 2.45) is 5.16 Å². The highest BCUT2D eigenvalue weighted by atomic mass is 16.7. The molecule has 0 aromatic heterocycles. The molecular weight excluding hydrogens is 328 g/mol. The number of nitrogens with zero attached hydrogens (tertiary/aromatic N) is 1. The van der Waals surface area contributed by atoms with Crippen LogP contribution in [0.15, 0.2) is 53.7 Å². The molecule has 0 heterocycles. The first-order valence-corrected chi connectivity index (χ1v) is 8.52. The molecule has 0 amide bonds. The second-order valence-electron chi connectivity index (χ2n) is 5.78. The lowest BCUT2D eigenvalue weighted by Crippen LogP contribution is -2.08. The number of oxime groups is 1. The van der Waals surface area contributed by atoms with Crippen LogP contribution in [0.1, 0.15) is 23.6 Å². The van der Waals surface area contributed by atoms with Gasteiger partial charge in [-0.15, -0.1) is 0 Å². The van der Waals surface area contributed by atoms with E-state index >= 15 is 0 Å². The summed E-state index contributed by atoms with van der Waals surface area (Å²) in [7, 11) is 1.51. The van der Waals surface area contributed by atoms with Crippen molar-refractivity contribution in [2.75, 3.05) is 25.8 Å². The van der Waals surface area contributed by atoms with Gasteiger partial charge in [-0.05, 0) is 73.9 Å². The number of ether oxygens (including phenoxy) is 2. The minimum Gasteiger partial charge on any atom is -0.458 e. The molecule has 2 aromatic rings. The third kappa shape index (κ3) is 5.84. The van der Waals surface area contributed by atoms with Crippen molar-refractivity contribution in [1.82, 2.24) is 0 Å². The summed E-state index contributed by atoms with van der Waals surface area (Å²) in [6, 6.07) is 11.7. The number of aryl methyl sites for hydroxylation is 2. The lowest BCUT2D eigenvalue weighted by atomic mass is 10.1. The summed E-state index contributed by atoms with van der Waals surface area (Å²) in [4.78, 5) is 4.66. The molecule has 0 aliphatic carbocycles. The van der Waals surface area contributed by atoms with E-state index in [-0.39, 0.29) is 6.79 Å². The van der Waals surface area contributed by atoms with Crippen LogP contribution >= 0.6 is 0 Å². The second-order valence-corrected chi connectivity index (χ2v) is 5.78. The molecule has 2 aromatic carbocycles. The lowest BCUT2D eigenvalue weighted by molar-refractivity contribution is 0.118. The van der Waals surface area contributed by atoms with E-state index in [9.17, 15) is 0 Å². The highest BCUT2D eigenvalue weighted by Gasteiger charge is 2.07. The van der Waals surface area contributed by atoms with Crippen LogP contribution in [-0.4, -0.2) is 26.7 Å². The average molecular weight is 354 g/mol. The fourth-order valence-electron chi connectivity index (χ4n) is 2.49. The molecule has 138 valence electrons. The molecule has 5 heteroatoms. The van der Waals surface area contributed by atoms with Crippen LogP contribution < -0.4 is 14.8 Å². The zero-order valence-electron chi connectivity index (χ0n) is 15.8. The first-order chi connectivity index (χ1) is 12.6. The molecule has 2 rings (SSSR count). The van der Waals surface area contributed by atoms with E-state index in [0.717, 1.165) is 40.4 Å². The Balaban J connectivity index is 1.91. The predicted octanol–water partition coefficient (Wildman–Crippen LogP) is 4.69. The van der Waals surface area contributed by atoms with Crippen LogP contribution in [0.5, 0.6) is 11.5 Å². The Morgan fingerprint density at radius 3 is 2.35 bits per heavy atom. The fraction of sp³-hybridized carbons (Fsp3) is 0.286. The van der Waals surface area contributed by atoms with Gasteiger partial charge in [-0.2, -0.15) is 0 Å². The molecule has 0 atom stereocenters. The molecule has 0 aliphatic heterocycles. The van der Waals surface area contributed by atoms with Crippen molar-refractivity contribution in [3.63, 3.8) is 0 Å². The van der Waals surface area contributed by atoms with Crippen LogP contribution in [0.2, 0.25) is 0 Å². The maximum absolute atomic E-state index is 5.84. The van der Waals surface area contributed by atoms with Crippen LogP contribution in [0.4, 0.5) is 5.69 Å². The summed E-state index contributed by atoms with van der Waals surface area (Å²) in [5.74, 6) is 1.59. The smallest absolute Gasteiger partial charge is 0.230 e. The quantitative estimate of drug-likeness (QED) is 0.307. The molecule has 0 unspecified atom stereocenters. The number of allylic oxidation sites excluding steroid dienone is 1. The number of hydrogen-bond acceptors (Lipinski definition) is 5. The van der Waals surface area contributed by atoms with Gasteiger partial charge in [-0.3, -0.25) is 0 Å². The highest BCUT2D eigenvalue weighted by molar-refractivity contribution is 5.79. The van der Waals surface area contributed by atoms with E-state index in [0.29, 0.717) is 0 Å². The first-order valence-electron chi connectivity index (χ1n) is 8.52. The molecular formula is C21H26N2O3. The normalized spacial score (nSPS) is 11.1. The largest absolute Gasteiger partial charge is 0.458 e. The van der Waals surface area contributed by atoms with Crippen LogP contribution in [0, 0.1) is 13.8 Å². The minimum atomic E-state index is 0.151. The third-order valence-electron chi connectivity index (χ3n) is 3.74. The number of anilines is 1. The molecule has 0 aliphatic rings. The van der Waals surface area contributed by atoms with Gasteiger partial charge in [-0.1, -0.05) is 17.3 Å². The minimum absolute atomic E-state index is 0.151. The first kappa shape index (κ1) is 19.4. The van der Waals surface area contributed by atoms with Crippen molar-refractivity contribution in [1.29, 1.82) is 0 Å². The molecule has 0 bridgehead atoms. The summed E-state index contributed by atoms with van der Waals surface area (Å²) in [5, 5.41) is 7.09. The van der Waals surface area contributed by atoms with Crippen molar-refractivity contribution in [3.8, 4) is 11.5 Å². The zero-order chi connectivity index (χ0) is 18.8. The molecule has 0 fully saturated rings. The molecule has 0 radical (unpaired) electrons.